The van der Waals surface area contributed by atoms with Gasteiger partial charge in [0.15, 0.2) is 0 Å². The van der Waals surface area contributed by atoms with Crippen LogP contribution in [0.15, 0.2) is 53.5 Å². The lowest BCUT2D eigenvalue weighted by molar-refractivity contribution is 0.327. The summed E-state index contributed by atoms with van der Waals surface area (Å²) in [5.41, 5.74) is 3.20. The lowest BCUT2D eigenvalue weighted by atomic mass is 10.1. The maximum Gasteiger partial charge on any atom is 0.126 e. The Balaban J connectivity index is 1.58. The van der Waals surface area contributed by atoms with Crippen molar-refractivity contribution in [1.29, 1.82) is 0 Å². The predicted molar refractivity (Wildman–Crippen MR) is 109 cm³/mol. The number of phenols is 1. The van der Waals surface area contributed by atoms with E-state index >= 15 is 0 Å². The second-order valence-corrected chi connectivity index (χ2v) is 6.86. The Morgan fingerprint density at radius 2 is 1.92 bits per heavy atom. The maximum absolute atomic E-state index is 10.3. The van der Waals surface area contributed by atoms with Crippen LogP contribution in [0.3, 0.4) is 0 Å². The van der Waals surface area contributed by atoms with Crippen molar-refractivity contribution < 1.29 is 5.11 Å². The zero-order valence-corrected chi connectivity index (χ0v) is 15.8. The van der Waals surface area contributed by atoms with Crippen LogP contribution in [-0.2, 0) is 6.54 Å². The molecule has 1 N–H and O–H groups in total. The predicted octanol–water partition coefficient (Wildman–Crippen LogP) is 3.93. The SMILES string of the molecule is CCN(CC)c1ccc(C=N[C@@H]2CCN(Cc3ccccc3)C2)c(O)c1. The lowest BCUT2D eigenvalue weighted by Gasteiger charge is -2.21. The van der Waals surface area contributed by atoms with Gasteiger partial charge in [0.25, 0.3) is 0 Å². The van der Waals surface area contributed by atoms with Crippen molar-refractivity contribution in [3.63, 3.8) is 0 Å². The molecule has 0 bridgehead atoms. The van der Waals surface area contributed by atoms with Crippen molar-refractivity contribution in [2.45, 2.75) is 32.9 Å². The van der Waals surface area contributed by atoms with Crippen molar-refractivity contribution in [3.8, 4) is 5.75 Å². The number of nitrogens with zero attached hydrogens (tertiary/aromatic N) is 3. The third-order valence-electron chi connectivity index (χ3n) is 5.06. The topological polar surface area (TPSA) is 39.1 Å². The Labute approximate surface area is 156 Å². The van der Waals surface area contributed by atoms with Gasteiger partial charge < -0.3 is 10.0 Å². The number of phenolic OH excluding ortho intramolecular Hbond substituents is 1. The van der Waals surface area contributed by atoms with Gasteiger partial charge in [-0.15, -0.1) is 0 Å². The molecule has 0 unspecified atom stereocenters. The average molecular weight is 351 g/mol. The van der Waals surface area contributed by atoms with Crippen molar-refractivity contribution >= 4 is 11.9 Å². The highest BCUT2D eigenvalue weighted by molar-refractivity contribution is 5.84. The van der Waals surface area contributed by atoms with Crippen molar-refractivity contribution in [1.82, 2.24) is 4.90 Å². The Kier molecular flexibility index (Phi) is 6.29. The monoisotopic (exact) mass is 351 g/mol. The molecule has 4 nitrogen and oxygen atoms in total. The molecule has 0 saturated carbocycles. The van der Waals surface area contributed by atoms with Crippen molar-refractivity contribution in [2.75, 3.05) is 31.1 Å². The number of rotatable bonds is 7. The van der Waals surface area contributed by atoms with Crippen LogP contribution in [0.1, 0.15) is 31.4 Å². The number of benzene rings is 2. The van der Waals surface area contributed by atoms with E-state index in [1.807, 2.05) is 18.3 Å². The van der Waals surface area contributed by atoms with Gasteiger partial charge in [-0.05, 0) is 38.0 Å². The average Bonchev–Trinajstić information content (AvgIpc) is 3.10. The van der Waals surface area contributed by atoms with E-state index in [0.717, 1.165) is 50.4 Å². The highest BCUT2D eigenvalue weighted by Crippen LogP contribution is 2.24. The fraction of sp³-hybridized carbons (Fsp3) is 0.409. The molecule has 0 spiro atoms. The molecule has 0 aromatic heterocycles. The fourth-order valence-electron chi connectivity index (χ4n) is 3.53. The summed E-state index contributed by atoms with van der Waals surface area (Å²) < 4.78 is 0. The summed E-state index contributed by atoms with van der Waals surface area (Å²) in [6.45, 7) is 9.14. The van der Waals surface area contributed by atoms with Gasteiger partial charge in [0.2, 0.25) is 0 Å². The fourth-order valence-corrected chi connectivity index (χ4v) is 3.53. The summed E-state index contributed by atoms with van der Waals surface area (Å²) in [4.78, 5) is 9.39. The molecule has 0 aliphatic carbocycles. The Morgan fingerprint density at radius 3 is 2.62 bits per heavy atom. The molecular formula is C22H29N3O. The van der Waals surface area contributed by atoms with Gasteiger partial charge >= 0.3 is 0 Å². The quantitative estimate of drug-likeness (QED) is 0.768. The van der Waals surface area contributed by atoms with E-state index in [4.69, 9.17) is 4.99 Å². The molecule has 1 aliphatic heterocycles. The van der Waals surface area contributed by atoms with Crippen LogP contribution in [0.25, 0.3) is 0 Å². The molecule has 26 heavy (non-hydrogen) atoms. The first kappa shape index (κ1) is 18.5. The normalized spacial score (nSPS) is 17.8. The Morgan fingerprint density at radius 1 is 1.15 bits per heavy atom. The molecular weight excluding hydrogens is 322 g/mol. The largest absolute Gasteiger partial charge is 0.507 e. The highest BCUT2D eigenvalue weighted by atomic mass is 16.3. The molecule has 1 atom stereocenters. The molecule has 0 radical (unpaired) electrons. The number of aromatic hydroxyl groups is 1. The van der Waals surface area contributed by atoms with Crippen LogP contribution in [0, 0.1) is 0 Å². The zero-order valence-electron chi connectivity index (χ0n) is 15.8. The minimum absolute atomic E-state index is 0.303. The first-order valence-corrected chi connectivity index (χ1v) is 9.57. The minimum Gasteiger partial charge on any atom is -0.507 e. The van der Waals surface area contributed by atoms with E-state index in [2.05, 4.69) is 60.0 Å². The number of likely N-dealkylation sites (tertiary alicyclic amines) is 1. The van der Waals surface area contributed by atoms with Crippen molar-refractivity contribution in [2.24, 2.45) is 4.99 Å². The van der Waals surface area contributed by atoms with Gasteiger partial charge in [0.05, 0.1) is 6.04 Å². The summed E-state index contributed by atoms with van der Waals surface area (Å²) in [6.07, 6.45) is 2.90. The second-order valence-electron chi connectivity index (χ2n) is 6.86. The first-order valence-electron chi connectivity index (χ1n) is 9.57. The van der Waals surface area contributed by atoms with Gasteiger partial charge in [-0.2, -0.15) is 0 Å². The number of aliphatic imine (C=N–C) groups is 1. The van der Waals surface area contributed by atoms with Gasteiger partial charge in [-0.25, -0.2) is 0 Å². The number of hydrogen-bond acceptors (Lipinski definition) is 4. The standard InChI is InChI=1S/C22H29N3O/c1-3-25(4-2)21-11-10-19(22(26)14-21)15-23-20-12-13-24(17-20)16-18-8-6-5-7-9-18/h5-11,14-15,20,26H,3-4,12-13,16-17H2,1-2H3/t20-/m1/s1. The minimum atomic E-state index is 0.303. The summed E-state index contributed by atoms with van der Waals surface area (Å²) in [5, 5.41) is 10.3. The molecule has 1 heterocycles. The molecule has 3 rings (SSSR count). The van der Waals surface area contributed by atoms with Crippen LogP contribution in [0.2, 0.25) is 0 Å². The van der Waals surface area contributed by atoms with Crippen LogP contribution in [0.5, 0.6) is 5.75 Å². The molecule has 4 heteroatoms. The third-order valence-corrected chi connectivity index (χ3v) is 5.06. The van der Waals surface area contributed by atoms with E-state index in [1.165, 1.54) is 5.56 Å². The van der Waals surface area contributed by atoms with Gasteiger partial charge in [0, 0.05) is 56.3 Å². The Hall–Kier alpha value is -2.33. The molecule has 1 saturated heterocycles. The summed E-state index contributed by atoms with van der Waals surface area (Å²) in [6, 6.07) is 16.7. The van der Waals surface area contributed by atoms with E-state index < -0.39 is 0 Å². The molecule has 1 aliphatic rings. The smallest absolute Gasteiger partial charge is 0.126 e. The van der Waals surface area contributed by atoms with Gasteiger partial charge in [-0.3, -0.25) is 9.89 Å². The van der Waals surface area contributed by atoms with Gasteiger partial charge in [0.1, 0.15) is 5.75 Å². The second kappa shape index (κ2) is 8.86. The molecule has 138 valence electrons. The van der Waals surface area contributed by atoms with Crippen LogP contribution in [-0.4, -0.2) is 48.4 Å². The first-order chi connectivity index (χ1) is 12.7. The van der Waals surface area contributed by atoms with E-state index in [-0.39, 0.29) is 0 Å². The molecule has 2 aromatic carbocycles. The maximum atomic E-state index is 10.3. The highest BCUT2D eigenvalue weighted by Gasteiger charge is 2.21. The zero-order chi connectivity index (χ0) is 18.4. The van der Waals surface area contributed by atoms with E-state index in [1.54, 1.807) is 0 Å². The van der Waals surface area contributed by atoms with E-state index in [9.17, 15) is 5.11 Å². The Bertz CT molecular complexity index is 725. The van der Waals surface area contributed by atoms with Gasteiger partial charge in [-0.1, -0.05) is 30.3 Å². The number of hydrogen-bond donors (Lipinski definition) is 1. The lowest BCUT2D eigenvalue weighted by Crippen LogP contribution is -2.21. The molecule has 2 aromatic rings. The summed E-state index contributed by atoms with van der Waals surface area (Å²) in [7, 11) is 0. The molecule has 1 fully saturated rings. The summed E-state index contributed by atoms with van der Waals surface area (Å²) >= 11 is 0. The third kappa shape index (κ3) is 4.64. The van der Waals surface area contributed by atoms with Crippen LogP contribution >= 0.6 is 0 Å². The summed E-state index contributed by atoms with van der Waals surface area (Å²) in [5.74, 6) is 0.303. The van der Waals surface area contributed by atoms with Crippen molar-refractivity contribution in [3.05, 3.63) is 59.7 Å². The molecule has 0 amide bonds. The van der Waals surface area contributed by atoms with E-state index in [0.29, 0.717) is 11.8 Å². The van der Waals surface area contributed by atoms with Crippen LogP contribution < -0.4 is 4.90 Å². The van der Waals surface area contributed by atoms with Crippen LogP contribution in [0.4, 0.5) is 5.69 Å². The number of anilines is 1.